The number of ether oxygens (including phenoxy) is 1. The van der Waals surface area contributed by atoms with Crippen molar-refractivity contribution in [1.29, 1.82) is 0 Å². The van der Waals surface area contributed by atoms with Crippen LogP contribution in [0.1, 0.15) is 29.0 Å². The quantitative estimate of drug-likeness (QED) is 0.557. The van der Waals surface area contributed by atoms with Crippen LogP contribution in [0.2, 0.25) is 0 Å². The number of amides is 3. The SMILES string of the molecule is O=C(Nc1ccc(NC(=O)c2occc2COc2ccccc2)cc1)NC1CC1. The lowest BCUT2D eigenvalue weighted by atomic mass is 10.2. The minimum absolute atomic E-state index is 0.201. The maximum absolute atomic E-state index is 12.6. The van der Waals surface area contributed by atoms with E-state index in [4.69, 9.17) is 9.15 Å². The fourth-order valence-corrected chi connectivity index (χ4v) is 2.73. The maximum Gasteiger partial charge on any atom is 0.319 e. The molecule has 1 saturated carbocycles. The zero-order valence-corrected chi connectivity index (χ0v) is 15.7. The van der Waals surface area contributed by atoms with Crippen molar-refractivity contribution in [1.82, 2.24) is 5.32 Å². The van der Waals surface area contributed by atoms with Crippen molar-refractivity contribution in [3.8, 4) is 5.75 Å². The summed E-state index contributed by atoms with van der Waals surface area (Å²) in [6.07, 6.45) is 3.52. The van der Waals surface area contributed by atoms with Gasteiger partial charge in [0.1, 0.15) is 12.4 Å². The predicted octanol–water partition coefficient (Wildman–Crippen LogP) is 4.39. The topological polar surface area (TPSA) is 92.6 Å². The lowest BCUT2D eigenvalue weighted by Gasteiger charge is -2.09. The number of hydrogen-bond donors (Lipinski definition) is 3. The standard InChI is InChI=1S/C22H21N3O4/c26-21(20-15(12-13-28-20)14-29-19-4-2-1-3-5-19)23-16-6-8-17(9-7-16)24-22(27)25-18-10-11-18/h1-9,12-13,18H,10-11,14H2,(H,23,26)(H2,24,25,27). The van der Waals surface area contributed by atoms with Crippen LogP contribution in [0.4, 0.5) is 16.2 Å². The van der Waals surface area contributed by atoms with E-state index in [2.05, 4.69) is 16.0 Å². The van der Waals surface area contributed by atoms with E-state index < -0.39 is 0 Å². The second-order valence-electron chi connectivity index (χ2n) is 6.78. The predicted molar refractivity (Wildman–Crippen MR) is 109 cm³/mol. The summed E-state index contributed by atoms with van der Waals surface area (Å²) in [4.78, 5) is 24.3. The lowest BCUT2D eigenvalue weighted by molar-refractivity contribution is 0.0993. The highest BCUT2D eigenvalue weighted by atomic mass is 16.5. The first-order chi connectivity index (χ1) is 14.2. The molecule has 3 aromatic rings. The summed E-state index contributed by atoms with van der Waals surface area (Å²) in [6.45, 7) is 0.224. The van der Waals surface area contributed by atoms with Gasteiger partial charge >= 0.3 is 6.03 Å². The molecule has 0 atom stereocenters. The molecule has 0 saturated heterocycles. The van der Waals surface area contributed by atoms with E-state index in [-0.39, 0.29) is 24.3 Å². The van der Waals surface area contributed by atoms with Gasteiger partial charge in [-0.25, -0.2) is 4.79 Å². The van der Waals surface area contributed by atoms with Crippen LogP contribution in [0.25, 0.3) is 0 Å². The van der Waals surface area contributed by atoms with Crippen molar-refractivity contribution >= 4 is 23.3 Å². The van der Waals surface area contributed by atoms with Crippen molar-refractivity contribution in [2.75, 3.05) is 10.6 Å². The van der Waals surface area contributed by atoms with Crippen LogP contribution >= 0.6 is 0 Å². The van der Waals surface area contributed by atoms with E-state index in [1.165, 1.54) is 6.26 Å². The Bertz CT molecular complexity index is 979. The average Bonchev–Trinajstić information content (AvgIpc) is 3.41. The molecule has 0 unspecified atom stereocenters. The van der Waals surface area contributed by atoms with Gasteiger partial charge < -0.3 is 25.1 Å². The first-order valence-electron chi connectivity index (χ1n) is 9.40. The van der Waals surface area contributed by atoms with Crippen molar-refractivity contribution in [2.24, 2.45) is 0 Å². The largest absolute Gasteiger partial charge is 0.489 e. The molecule has 0 radical (unpaired) electrons. The van der Waals surface area contributed by atoms with Gasteiger partial charge in [0.2, 0.25) is 0 Å². The molecule has 7 heteroatoms. The molecule has 1 aliphatic rings. The fraction of sp³-hybridized carbons (Fsp3) is 0.182. The highest BCUT2D eigenvalue weighted by Gasteiger charge is 2.23. The number of benzene rings is 2. The summed E-state index contributed by atoms with van der Waals surface area (Å²) >= 11 is 0. The van der Waals surface area contributed by atoms with E-state index in [9.17, 15) is 9.59 Å². The van der Waals surface area contributed by atoms with E-state index in [1.807, 2.05) is 30.3 Å². The Morgan fingerprint density at radius 1 is 0.931 bits per heavy atom. The molecule has 0 spiro atoms. The van der Waals surface area contributed by atoms with Crippen LogP contribution in [-0.2, 0) is 6.61 Å². The summed E-state index contributed by atoms with van der Waals surface area (Å²) in [5, 5.41) is 8.41. The van der Waals surface area contributed by atoms with Gasteiger partial charge in [-0.15, -0.1) is 0 Å². The first kappa shape index (κ1) is 18.6. The molecule has 148 valence electrons. The number of para-hydroxylation sites is 1. The Balaban J connectivity index is 1.33. The zero-order valence-electron chi connectivity index (χ0n) is 15.7. The smallest absolute Gasteiger partial charge is 0.319 e. The third-order valence-corrected chi connectivity index (χ3v) is 4.40. The lowest BCUT2D eigenvalue weighted by Crippen LogP contribution is -2.30. The van der Waals surface area contributed by atoms with Crippen LogP contribution in [-0.4, -0.2) is 18.0 Å². The molecular formula is C22H21N3O4. The van der Waals surface area contributed by atoms with Gasteiger partial charge in [-0.1, -0.05) is 18.2 Å². The maximum atomic E-state index is 12.6. The number of urea groups is 1. The third-order valence-electron chi connectivity index (χ3n) is 4.40. The monoisotopic (exact) mass is 391 g/mol. The molecule has 1 fully saturated rings. The van der Waals surface area contributed by atoms with Crippen LogP contribution < -0.4 is 20.7 Å². The molecular weight excluding hydrogens is 370 g/mol. The molecule has 0 aliphatic heterocycles. The average molecular weight is 391 g/mol. The molecule has 0 bridgehead atoms. The highest BCUT2D eigenvalue weighted by Crippen LogP contribution is 2.20. The second-order valence-corrected chi connectivity index (χ2v) is 6.78. The third kappa shape index (κ3) is 5.16. The molecule has 2 aromatic carbocycles. The van der Waals surface area contributed by atoms with Gasteiger partial charge in [0.15, 0.2) is 5.76 Å². The Morgan fingerprint density at radius 2 is 1.62 bits per heavy atom. The van der Waals surface area contributed by atoms with Crippen LogP contribution in [0, 0.1) is 0 Å². The summed E-state index contributed by atoms with van der Waals surface area (Å²) in [7, 11) is 0. The van der Waals surface area contributed by atoms with Crippen LogP contribution in [0.15, 0.2) is 71.3 Å². The number of furan rings is 1. The Labute approximate surface area is 168 Å². The summed E-state index contributed by atoms with van der Waals surface area (Å²) < 4.78 is 11.0. The van der Waals surface area contributed by atoms with Crippen molar-refractivity contribution < 1.29 is 18.7 Å². The number of carbonyl (C=O) groups is 2. The first-order valence-corrected chi connectivity index (χ1v) is 9.40. The normalized spacial score (nSPS) is 12.8. The van der Waals surface area contributed by atoms with Crippen LogP contribution in [0.5, 0.6) is 5.75 Å². The van der Waals surface area contributed by atoms with Crippen molar-refractivity contribution in [3.05, 3.63) is 78.3 Å². The Hall–Kier alpha value is -3.74. The Kier molecular flexibility index (Phi) is 5.47. The van der Waals surface area contributed by atoms with Gasteiger partial charge in [-0.2, -0.15) is 0 Å². The molecule has 3 N–H and O–H groups in total. The molecule has 29 heavy (non-hydrogen) atoms. The van der Waals surface area contributed by atoms with E-state index in [0.29, 0.717) is 28.7 Å². The van der Waals surface area contributed by atoms with Crippen LogP contribution in [0.3, 0.4) is 0 Å². The number of hydrogen-bond acceptors (Lipinski definition) is 4. The molecule has 4 rings (SSSR count). The van der Waals surface area contributed by atoms with E-state index >= 15 is 0 Å². The minimum Gasteiger partial charge on any atom is -0.489 e. The fourth-order valence-electron chi connectivity index (χ4n) is 2.73. The molecule has 7 nitrogen and oxygen atoms in total. The van der Waals surface area contributed by atoms with Gasteiger partial charge in [-0.3, -0.25) is 4.79 Å². The van der Waals surface area contributed by atoms with Crippen molar-refractivity contribution in [3.63, 3.8) is 0 Å². The molecule has 1 heterocycles. The summed E-state index contributed by atoms with van der Waals surface area (Å²) in [6, 6.07) is 18.0. The second kappa shape index (κ2) is 8.52. The van der Waals surface area contributed by atoms with E-state index in [0.717, 1.165) is 12.8 Å². The summed E-state index contributed by atoms with van der Waals surface area (Å²) in [5.41, 5.74) is 1.90. The Morgan fingerprint density at radius 3 is 2.31 bits per heavy atom. The van der Waals surface area contributed by atoms with Gasteiger partial charge in [0.25, 0.3) is 5.91 Å². The van der Waals surface area contributed by atoms with E-state index in [1.54, 1.807) is 30.3 Å². The minimum atomic E-state index is -0.367. The zero-order chi connectivity index (χ0) is 20.1. The number of carbonyl (C=O) groups excluding carboxylic acids is 2. The van der Waals surface area contributed by atoms with Gasteiger partial charge in [0, 0.05) is 23.0 Å². The van der Waals surface area contributed by atoms with Gasteiger partial charge in [-0.05, 0) is 55.3 Å². The number of rotatable bonds is 7. The molecule has 3 amide bonds. The summed E-state index contributed by atoms with van der Waals surface area (Å²) in [5.74, 6) is 0.551. The highest BCUT2D eigenvalue weighted by molar-refractivity contribution is 6.03. The number of anilines is 2. The number of nitrogens with one attached hydrogen (secondary N) is 3. The van der Waals surface area contributed by atoms with Gasteiger partial charge in [0.05, 0.1) is 6.26 Å². The van der Waals surface area contributed by atoms with Crippen molar-refractivity contribution in [2.45, 2.75) is 25.5 Å². The molecule has 1 aliphatic carbocycles. The molecule has 1 aromatic heterocycles.